The molecule has 1 unspecified atom stereocenters. The molecule has 1 amide bonds. The summed E-state index contributed by atoms with van der Waals surface area (Å²) in [6.45, 7) is 6.23. The number of aromatic nitrogens is 3. The SMILES string of the molecule is CCSc1nc2n(n1)C(c1ccc(OCc3ccc(Cl)cc3Cl)cc1)C(C(=O)Nc1cccc(C)c1)=C(C)N2. The van der Waals surface area contributed by atoms with Crippen molar-refractivity contribution < 1.29 is 9.53 Å². The summed E-state index contributed by atoms with van der Waals surface area (Å²) in [4.78, 5) is 18.3. The lowest BCUT2D eigenvalue weighted by molar-refractivity contribution is -0.113. The molecule has 200 valence electrons. The number of aryl methyl sites for hydroxylation is 1. The van der Waals surface area contributed by atoms with Crippen LogP contribution in [0.5, 0.6) is 5.75 Å². The average molecular weight is 581 g/mol. The predicted octanol–water partition coefficient (Wildman–Crippen LogP) is 7.51. The number of fused-ring (bicyclic) bond motifs is 1. The molecular weight excluding hydrogens is 553 g/mol. The second-order valence-corrected chi connectivity index (χ2v) is 11.2. The van der Waals surface area contributed by atoms with Gasteiger partial charge in [0, 0.05) is 27.0 Å². The number of carbonyl (C=O) groups is 1. The second kappa shape index (κ2) is 11.7. The van der Waals surface area contributed by atoms with E-state index in [1.807, 2.05) is 68.4 Å². The standard InChI is InChI=1S/C29H27Cl2N5O2S/c1-4-39-29-34-28-32-18(3)25(27(37)33-22-7-5-6-17(2)14-22)26(36(28)35-29)19-9-12-23(13-10-19)38-16-20-8-11-21(30)15-24(20)31/h5-15,26H,4,16H2,1-3H3,(H,33,37)(H,32,34,35). The van der Waals surface area contributed by atoms with E-state index < -0.39 is 6.04 Å². The molecule has 1 atom stereocenters. The molecule has 0 saturated carbocycles. The van der Waals surface area contributed by atoms with Crippen molar-refractivity contribution in [1.29, 1.82) is 0 Å². The highest BCUT2D eigenvalue weighted by Gasteiger charge is 2.34. The zero-order chi connectivity index (χ0) is 27.5. The third kappa shape index (κ3) is 6.08. The van der Waals surface area contributed by atoms with Gasteiger partial charge in [-0.05, 0) is 67.1 Å². The van der Waals surface area contributed by atoms with E-state index in [1.54, 1.807) is 28.6 Å². The third-order valence-corrected chi connectivity index (χ3v) is 7.54. The molecule has 1 aliphatic rings. The lowest BCUT2D eigenvalue weighted by Crippen LogP contribution is -2.31. The van der Waals surface area contributed by atoms with Crippen molar-refractivity contribution in [2.45, 2.75) is 38.6 Å². The number of benzene rings is 3. The minimum absolute atomic E-state index is 0.209. The van der Waals surface area contributed by atoms with Crippen LogP contribution in [0.15, 0.2) is 83.2 Å². The lowest BCUT2D eigenvalue weighted by atomic mass is 9.95. The van der Waals surface area contributed by atoms with Gasteiger partial charge in [-0.25, -0.2) is 4.68 Å². The van der Waals surface area contributed by atoms with E-state index in [0.29, 0.717) is 39.1 Å². The van der Waals surface area contributed by atoms with E-state index >= 15 is 0 Å². The van der Waals surface area contributed by atoms with E-state index in [1.165, 1.54) is 0 Å². The van der Waals surface area contributed by atoms with Crippen molar-refractivity contribution in [1.82, 2.24) is 14.8 Å². The normalized spacial score (nSPS) is 14.5. The van der Waals surface area contributed by atoms with Crippen LogP contribution in [0.2, 0.25) is 10.0 Å². The fourth-order valence-electron chi connectivity index (χ4n) is 4.39. The molecule has 5 rings (SSSR count). The van der Waals surface area contributed by atoms with Crippen LogP contribution >= 0.6 is 35.0 Å². The van der Waals surface area contributed by atoms with Crippen LogP contribution in [0.4, 0.5) is 11.6 Å². The fraction of sp³-hybridized carbons (Fsp3) is 0.207. The summed E-state index contributed by atoms with van der Waals surface area (Å²) in [5, 5.41) is 12.8. The molecule has 0 saturated heterocycles. The summed E-state index contributed by atoms with van der Waals surface area (Å²) in [7, 11) is 0. The Balaban J connectivity index is 1.45. The highest BCUT2D eigenvalue weighted by Crippen LogP contribution is 2.37. The molecule has 0 fully saturated rings. The monoisotopic (exact) mass is 579 g/mol. The van der Waals surface area contributed by atoms with Crippen molar-refractivity contribution in [3.05, 3.63) is 105 Å². The summed E-state index contributed by atoms with van der Waals surface area (Å²) < 4.78 is 7.75. The number of hydrogen-bond donors (Lipinski definition) is 2. The average Bonchev–Trinajstić information content (AvgIpc) is 3.30. The molecule has 1 aromatic heterocycles. The topological polar surface area (TPSA) is 81.1 Å². The van der Waals surface area contributed by atoms with Crippen LogP contribution in [-0.4, -0.2) is 26.4 Å². The molecule has 10 heteroatoms. The van der Waals surface area contributed by atoms with Gasteiger partial charge in [-0.3, -0.25) is 4.79 Å². The van der Waals surface area contributed by atoms with Crippen LogP contribution in [-0.2, 0) is 11.4 Å². The Labute approximate surface area is 241 Å². The van der Waals surface area contributed by atoms with E-state index in [9.17, 15) is 4.79 Å². The number of ether oxygens (including phenoxy) is 1. The van der Waals surface area contributed by atoms with Crippen LogP contribution in [0.3, 0.4) is 0 Å². The molecule has 2 heterocycles. The van der Waals surface area contributed by atoms with Gasteiger partial charge >= 0.3 is 0 Å². The van der Waals surface area contributed by atoms with E-state index in [-0.39, 0.29) is 5.91 Å². The molecule has 7 nitrogen and oxygen atoms in total. The number of halogens is 2. The zero-order valence-electron chi connectivity index (χ0n) is 21.7. The maximum absolute atomic E-state index is 13.7. The Morgan fingerprint density at radius 1 is 1.10 bits per heavy atom. The molecule has 0 spiro atoms. The number of allylic oxidation sites excluding steroid dienone is 1. The summed E-state index contributed by atoms with van der Waals surface area (Å²) >= 11 is 13.8. The van der Waals surface area contributed by atoms with Crippen molar-refractivity contribution in [3.8, 4) is 5.75 Å². The maximum Gasteiger partial charge on any atom is 0.255 e. The zero-order valence-corrected chi connectivity index (χ0v) is 24.0. The number of rotatable bonds is 8. The summed E-state index contributed by atoms with van der Waals surface area (Å²) in [5.74, 6) is 1.90. The maximum atomic E-state index is 13.7. The first-order valence-corrected chi connectivity index (χ1v) is 14.2. The lowest BCUT2D eigenvalue weighted by Gasteiger charge is -2.28. The van der Waals surface area contributed by atoms with Gasteiger partial charge in [-0.15, -0.1) is 5.10 Å². The van der Waals surface area contributed by atoms with Crippen molar-refractivity contribution in [3.63, 3.8) is 0 Å². The molecular formula is C29H27Cl2N5O2S. The van der Waals surface area contributed by atoms with Gasteiger partial charge in [0.1, 0.15) is 18.4 Å². The Bertz CT molecular complexity index is 1550. The molecule has 3 aromatic carbocycles. The number of nitrogens with zero attached hydrogens (tertiary/aromatic N) is 3. The van der Waals surface area contributed by atoms with Crippen molar-refractivity contribution in [2.75, 3.05) is 16.4 Å². The fourth-order valence-corrected chi connectivity index (χ4v) is 5.41. The number of amides is 1. The largest absolute Gasteiger partial charge is 0.489 e. The molecule has 0 radical (unpaired) electrons. The van der Waals surface area contributed by atoms with Gasteiger partial charge in [0.2, 0.25) is 11.1 Å². The minimum Gasteiger partial charge on any atom is -0.489 e. The molecule has 0 aliphatic carbocycles. The Morgan fingerprint density at radius 3 is 2.62 bits per heavy atom. The van der Waals surface area contributed by atoms with Gasteiger partial charge in [0.25, 0.3) is 5.91 Å². The first-order chi connectivity index (χ1) is 18.8. The van der Waals surface area contributed by atoms with Gasteiger partial charge in [0.05, 0.1) is 5.57 Å². The number of anilines is 2. The molecule has 1 aliphatic heterocycles. The van der Waals surface area contributed by atoms with Gasteiger partial charge in [-0.2, -0.15) is 4.98 Å². The quantitative estimate of drug-likeness (QED) is 0.210. The molecule has 4 aromatic rings. The third-order valence-electron chi connectivity index (χ3n) is 6.23. The number of hydrogen-bond acceptors (Lipinski definition) is 6. The van der Waals surface area contributed by atoms with Gasteiger partial charge < -0.3 is 15.4 Å². The molecule has 0 bridgehead atoms. The smallest absolute Gasteiger partial charge is 0.255 e. The number of carbonyl (C=O) groups excluding carboxylic acids is 1. The number of thioether (sulfide) groups is 1. The van der Waals surface area contributed by atoms with Crippen molar-refractivity contribution >= 4 is 52.5 Å². The van der Waals surface area contributed by atoms with E-state index in [4.69, 9.17) is 33.0 Å². The van der Waals surface area contributed by atoms with Gasteiger partial charge in [0.15, 0.2) is 0 Å². The van der Waals surface area contributed by atoms with E-state index in [0.717, 1.165) is 33.8 Å². The highest BCUT2D eigenvalue weighted by atomic mass is 35.5. The summed E-state index contributed by atoms with van der Waals surface area (Å²) in [5.41, 5.74) is 4.79. The second-order valence-electron chi connectivity index (χ2n) is 9.08. The van der Waals surface area contributed by atoms with Crippen molar-refractivity contribution in [2.24, 2.45) is 0 Å². The van der Waals surface area contributed by atoms with Gasteiger partial charge in [-0.1, -0.05) is 72.2 Å². The highest BCUT2D eigenvalue weighted by molar-refractivity contribution is 7.99. The predicted molar refractivity (Wildman–Crippen MR) is 158 cm³/mol. The molecule has 2 N–H and O–H groups in total. The Morgan fingerprint density at radius 2 is 1.90 bits per heavy atom. The molecule has 39 heavy (non-hydrogen) atoms. The van der Waals surface area contributed by atoms with Crippen LogP contribution in [0.25, 0.3) is 0 Å². The first-order valence-electron chi connectivity index (χ1n) is 12.4. The van der Waals surface area contributed by atoms with Crippen LogP contribution in [0.1, 0.15) is 36.6 Å². The summed E-state index contributed by atoms with van der Waals surface area (Å²) in [6, 6.07) is 20.2. The Hall–Kier alpha value is -3.46. The first kappa shape index (κ1) is 27.1. The number of nitrogens with one attached hydrogen (secondary N) is 2. The van der Waals surface area contributed by atoms with Crippen LogP contribution < -0.4 is 15.4 Å². The Kier molecular flexibility index (Phi) is 8.16. The van der Waals surface area contributed by atoms with Crippen LogP contribution in [0, 0.1) is 6.92 Å². The van der Waals surface area contributed by atoms with E-state index in [2.05, 4.69) is 22.5 Å². The summed E-state index contributed by atoms with van der Waals surface area (Å²) in [6.07, 6.45) is 0. The minimum atomic E-state index is -0.482.